The molecule has 0 rings (SSSR count). The third-order valence-electron chi connectivity index (χ3n) is 0.796. The first-order chi connectivity index (χ1) is 5.62. The van der Waals surface area contributed by atoms with Crippen LogP contribution in [-0.2, 0) is 14.3 Å². The Morgan fingerprint density at radius 3 is 2.17 bits per heavy atom. The van der Waals surface area contributed by atoms with Crippen LogP contribution in [0.15, 0.2) is 12.7 Å². The molecule has 1 atom stereocenters. The second kappa shape index (κ2) is 10.1. The molecule has 0 spiro atoms. The maximum Gasteiger partial charge on any atom is 0.329 e. The van der Waals surface area contributed by atoms with Crippen molar-refractivity contribution in [2.75, 3.05) is 20.8 Å². The molecule has 1 unspecified atom stereocenters. The van der Waals surface area contributed by atoms with Crippen molar-refractivity contribution in [1.82, 2.24) is 0 Å². The smallest absolute Gasteiger partial charge is 0.329 e. The van der Waals surface area contributed by atoms with Crippen LogP contribution in [-0.4, -0.2) is 43.3 Å². The molecule has 0 fully saturated rings. The van der Waals surface area contributed by atoms with E-state index in [-0.39, 0.29) is 6.61 Å². The third kappa shape index (κ3) is 11.8. The van der Waals surface area contributed by atoms with Gasteiger partial charge in [-0.3, -0.25) is 0 Å². The molecule has 0 aliphatic heterocycles. The van der Waals surface area contributed by atoms with Crippen LogP contribution >= 0.6 is 0 Å². The van der Waals surface area contributed by atoms with Gasteiger partial charge in [-0.25, -0.2) is 4.79 Å². The SMILES string of the molecule is C=CC(=O)OC.COC(O)CO. The lowest BCUT2D eigenvalue weighted by Gasteiger charge is -1.99. The van der Waals surface area contributed by atoms with E-state index >= 15 is 0 Å². The molecule has 0 aliphatic carbocycles. The number of esters is 1. The number of hydrogen-bond donors (Lipinski definition) is 2. The van der Waals surface area contributed by atoms with Crippen LogP contribution in [0.5, 0.6) is 0 Å². The van der Waals surface area contributed by atoms with Gasteiger partial charge in [0.15, 0.2) is 6.29 Å². The van der Waals surface area contributed by atoms with E-state index in [0.29, 0.717) is 0 Å². The van der Waals surface area contributed by atoms with Crippen molar-refractivity contribution < 1.29 is 24.5 Å². The van der Waals surface area contributed by atoms with E-state index in [1.807, 2.05) is 0 Å². The topological polar surface area (TPSA) is 76.0 Å². The van der Waals surface area contributed by atoms with Crippen LogP contribution < -0.4 is 0 Å². The minimum atomic E-state index is -1.01. The summed E-state index contributed by atoms with van der Waals surface area (Å²) in [5, 5.41) is 16.2. The van der Waals surface area contributed by atoms with Gasteiger partial charge in [-0.05, 0) is 0 Å². The summed E-state index contributed by atoms with van der Waals surface area (Å²) >= 11 is 0. The summed E-state index contributed by atoms with van der Waals surface area (Å²) in [7, 11) is 2.63. The first-order valence-electron chi connectivity index (χ1n) is 3.14. The van der Waals surface area contributed by atoms with E-state index in [2.05, 4.69) is 16.1 Å². The normalized spacial score (nSPS) is 10.7. The van der Waals surface area contributed by atoms with Crippen molar-refractivity contribution in [3.63, 3.8) is 0 Å². The van der Waals surface area contributed by atoms with Crippen molar-refractivity contribution in [1.29, 1.82) is 0 Å². The molecule has 0 bridgehead atoms. The molecular formula is C7H14O5. The van der Waals surface area contributed by atoms with Gasteiger partial charge in [0.25, 0.3) is 0 Å². The zero-order valence-electron chi connectivity index (χ0n) is 7.19. The van der Waals surface area contributed by atoms with E-state index in [1.165, 1.54) is 14.2 Å². The van der Waals surface area contributed by atoms with Crippen LogP contribution in [0, 0.1) is 0 Å². The Bertz CT molecular complexity index is 119. The zero-order chi connectivity index (χ0) is 9.98. The van der Waals surface area contributed by atoms with Gasteiger partial charge in [0, 0.05) is 13.2 Å². The maximum atomic E-state index is 9.84. The second-order valence-corrected chi connectivity index (χ2v) is 1.60. The molecule has 0 aromatic heterocycles. The predicted octanol–water partition coefficient (Wildman–Crippen LogP) is -0.711. The molecule has 0 heterocycles. The highest BCUT2D eigenvalue weighted by Crippen LogP contribution is 1.75. The molecular weight excluding hydrogens is 164 g/mol. The van der Waals surface area contributed by atoms with E-state index in [4.69, 9.17) is 10.2 Å². The number of ether oxygens (including phenoxy) is 2. The fourth-order valence-electron chi connectivity index (χ4n) is 0.158. The number of hydrogen-bond acceptors (Lipinski definition) is 5. The monoisotopic (exact) mass is 178 g/mol. The minimum absolute atomic E-state index is 0.337. The van der Waals surface area contributed by atoms with Crippen molar-refractivity contribution in [2.24, 2.45) is 0 Å². The summed E-state index contributed by atoms with van der Waals surface area (Å²) in [6.45, 7) is 2.82. The van der Waals surface area contributed by atoms with Crippen LogP contribution in [0.4, 0.5) is 0 Å². The van der Waals surface area contributed by atoms with Crippen LogP contribution in [0.3, 0.4) is 0 Å². The molecule has 0 saturated heterocycles. The fraction of sp³-hybridized carbons (Fsp3) is 0.571. The Morgan fingerprint density at radius 1 is 1.67 bits per heavy atom. The lowest BCUT2D eigenvalue weighted by Crippen LogP contribution is -2.12. The lowest BCUT2D eigenvalue weighted by molar-refractivity contribution is -0.134. The summed E-state index contributed by atoms with van der Waals surface area (Å²) in [5.41, 5.74) is 0. The van der Waals surface area contributed by atoms with E-state index in [0.717, 1.165) is 6.08 Å². The molecule has 0 aliphatic rings. The summed E-state index contributed by atoms with van der Waals surface area (Å²) in [6, 6.07) is 0. The Balaban J connectivity index is 0. The number of methoxy groups -OCH3 is 2. The van der Waals surface area contributed by atoms with E-state index in [9.17, 15) is 4.79 Å². The summed E-state index contributed by atoms with van der Waals surface area (Å²) < 4.78 is 8.35. The van der Waals surface area contributed by atoms with Crippen molar-refractivity contribution >= 4 is 5.97 Å². The van der Waals surface area contributed by atoms with Gasteiger partial charge < -0.3 is 19.7 Å². The maximum absolute atomic E-state index is 9.84. The Morgan fingerprint density at radius 2 is 2.17 bits per heavy atom. The summed E-state index contributed by atoms with van der Waals surface area (Å²) in [5.74, 6) is -0.394. The van der Waals surface area contributed by atoms with Gasteiger partial charge in [0.05, 0.1) is 13.7 Å². The van der Waals surface area contributed by atoms with Gasteiger partial charge >= 0.3 is 5.97 Å². The molecule has 5 nitrogen and oxygen atoms in total. The van der Waals surface area contributed by atoms with E-state index in [1.54, 1.807) is 0 Å². The predicted molar refractivity (Wildman–Crippen MR) is 42.3 cm³/mol. The quantitative estimate of drug-likeness (QED) is 0.339. The van der Waals surface area contributed by atoms with Gasteiger partial charge in [-0.2, -0.15) is 0 Å². The third-order valence-corrected chi connectivity index (χ3v) is 0.796. The molecule has 0 aromatic carbocycles. The number of carbonyl (C=O) groups is 1. The average molecular weight is 178 g/mol. The first kappa shape index (κ1) is 13.7. The second-order valence-electron chi connectivity index (χ2n) is 1.60. The van der Waals surface area contributed by atoms with Crippen LogP contribution in [0.1, 0.15) is 0 Å². The molecule has 0 radical (unpaired) electrons. The lowest BCUT2D eigenvalue weighted by atomic mass is 10.7. The molecule has 72 valence electrons. The number of rotatable bonds is 3. The summed E-state index contributed by atoms with van der Waals surface area (Å²) in [6.07, 6.45) is 0.102. The molecule has 0 amide bonds. The Hall–Kier alpha value is -0.910. The van der Waals surface area contributed by atoms with Crippen molar-refractivity contribution in [2.45, 2.75) is 6.29 Å². The standard InChI is InChI=1S/C4H6O2.C3H8O3/c1-3-4(5)6-2;1-6-3(5)2-4/h3H,1H2,2H3;3-5H,2H2,1H3. The highest BCUT2D eigenvalue weighted by molar-refractivity contribution is 5.80. The first-order valence-corrected chi connectivity index (χ1v) is 3.14. The van der Waals surface area contributed by atoms with E-state index < -0.39 is 12.3 Å². The van der Waals surface area contributed by atoms with Gasteiger partial charge in [0.2, 0.25) is 0 Å². The number of aliphatic hydroxyl groups excluding tert-OH is 2. The fourth-order valence-corrected chi connectivity index (χ4v) is 0.158. The molecule has 12 heavy (non-hydrogen) atoms. The molecule has 0 aromatic rings. The molecule has 2 N–H and O–H groups in total. The summed E-state index contributed by atoms with van der Waals surface area (Å²) in [4.78, 5) is 9.84. The number of aliphatic hydroxyl groups is 2. The van der Waals surface area contributed by atoms with Gasteiger partial charge in [-0.15, -0.1) is 0 Å². The largest absolute Gasteiger partial charge is 0.466 e. The van der Waals surface area contributed by atoms with Gasteiger partial charge in [-0.1, -0.05) is 6.58 Å². The molecule has 0 saturated carbocycles. The molecule has 5 heteroatoms. The average Bonchev–Trinajstić information content (AvgIpc) is 2.16. The highest BCUT2D eigenvalue weighted by atomic mass is 16.6. The highest BCUT2D eigenvalue weighted by Gasteiger charge is 1.92. The van der Waals surface area contributed by atoms with Gasteiger partial charge in [0.1, 0.15) is 0 Å². The Labute approximate surface area is 71.2 Å². The zero-order valence-corrected chi connectivity index (χ0v) is 7.19. The van der Waals surface area contributed by atoms with Crippen molar-refractivity contribution in [3.8, 4) is 0 Å². The van der Waals surface area contributed by atoms with Crippen LogP contribution in [0.2, 0.25) is 0 Å². The number of carbonyl (C=O) groups excluding carboxylic acids is 1. The van der Waals surface area contributed by atoms with Crippen LogP contribution in [0.25, 0.3) is 0 Å². The van der Waals surface area contributed by atoms with Crippen molar-refractivity contribution in [3.05, 3.63) is 12.7 Å². The Kier molecular flexibility index (Phi) is 11.5. The minimum Gasteiger partial charge on any atom is -0.466 e.